The molecule has 0 unspecified atom stereocenters. The second-order valence-electron chi connectivity index (χ2n) is 3.64. The molecule has 0 spiro atoms. The zero-order valence-electron chi connectivity index (χ0n) is 9.28. The van der Waals surface area contributed by atoms with Crippen LogP contribution in [0.3, 0.4) is 0 Å². The van der Waals surface area contributed by atoms with Gasteiger partial charge in [0.15, 0.2) is 0 Å². The van der Waals surface area contributed by atoms with Crippen LogP contribution in [0, 0.1) is 10.1 Å². The Hall–Kier alpha value is -1.80. The molecule has 0 radical (unpaired) electrons. The van der Waals surface area contributed by atoms with Gasteiger partial charge in [0.1, 0.15) is 0 Å². The highest BCUT2D eigenvalue weighted by Gasteiger charge is 2.10. The lowest BCUT2D eigenvalue weighted by molar-refractivity contribution is -0.384. The molecule has 2 rings (SSSR count). The molecular weight excluding hydrogens is 302 g/mol. The molecule has 7 nitrogen and oxygen atoms in total. The second-order valence-corrected chi connectivity index (χ2v) is 4.50. The number of benzene rings is 1. The number of hydrogen-bond acceptors (Lipinski definition) is 5. The molecule has 0 bridgehead atoms. The smallest absolute Gasteiger partial charge is 0.270 e. The monoisotopic (exact) mass is 311 g/mol. The Morgan fingerprint density at radius 1 is 1.50 bits per heavy atom. The van der Waals surface area contributed by atoms with Gasteiger partial charge in [-0.15, -0.1) is 5.10 Å². The summed E-state index contributed by atoms with van der Waals surface area (Å²) in [6.07, 6.45) is 1.74. The van der Waals surface area contributed by atoms with Gasteiger partial charge in [-0.3, -0.25) is 10.1 Å². The van der Waals surface area contributed by atoms with Gasteiger partial charge < -0.3 is 5.73 Å². The molecule has 0 aliphatic heterocycles. The van der Waals surface area contributed by atoms with Crippen molar-refractivity contribution in [1.82, 2.24) is 15.0 Å². The SMILES string of the molecule is NCc1cn(Cc2ccc([N+](=O)[O-])cc2Br)nn1. The van der Waals surface area contributed by atoms with Crippen molar-refractivity contribution < 1.29 is 4.92 Å². The molecule has 1 aromatic heterocycles. The van der Waals surface area contributed by atoms with E-state index in [1.807, 2.05) is 0 Å². The third kappa shape index (κ3) is 2.71. The molecule has 2 aromatic rings. The van der Waals surface area contributed by atoms with E-state index in [9.17, 15) is 10.1 Å². The third-order valence-electron chi connectivity index (χ3n) is 2.38. The highest BCUT2D eigenvalue weighted by Crippen LogP contribution is 2.23. The molecule has 94 valence electrons. The molecule has 1 heterocycles. The number of nitro benzene ring substituents is 1. The van der Waals surface area contributed by atoms with E-state index < -0.39 is 4.92 Å². The normalized spacial score (nSPS) is 10.6. The zero-order chi connectivity index (χ0) is 13.1. The summed E-state index contributed by atoms with van der Waals surface area (Å²) in [5.41, 5.74) is 7.07. The number of nitrogens with two attached hydrogens (primary N) is 1. The average molecular weight is 312 g/mol. The van der Waals surface area contributed by atoms with Crippen LogP contribution in [0.1, 0.15) is 11.3 Å². The van der Waals surface area contributed by atoms with Crippen molar-refractivity contribution in [3.8, 4) is 0 Å². The van der Waals surface area contributed by atoms with Crippen molar-refractivity contribution >= 4 is 21.6 Å². The Balaban J connectivity index is 2.21. The van der Waals surface area contributed by atoms with Gasteiger partial charge in [-0.25, -0.2) is 4.68 Å². The first-order valence-electron chi connectivity index (χ1n) is 5.12. The number of nitrogens with zero attached hydrogens (tertiary/aromatic N) is 4. The predicted molar refractivity (Wildman–Crippen MR) is 67.8 cm³/mol. The summed E-state index contributed by atoms with van der Waals surface area (Å²) < 4.78 is 2.30. The van der Waals surface area contributed by atoms with Crippen molar-refractivity contribution in [2.24, 2.45) is 5.73 Å². The Kier molecular flexibility index (Phi) is 3.68. The lowest BCUT2D eigenvalue weighted by atomic mass is 10.2. The highest BCUT2D eigenvalue weighted by molar-refractivity contribution is 9.10. The van der Waals surface area contributed by atoms with Crippen molar-refractivity contribution in [2.75, 3.05) is 0 Å². The lowest BCUT2D eigenvalue weighted by Gasteiger charge is -2.03. The van der Waals surface area contributed by atoms with Crippen LogP contribution in [0.5, 0.6) is 0 Å². The van der Waals surface area contributed by atoms with E-state index in [1.54, 1.807) is 16.9 Å². The summed E-state index contributed by atoms with van der Waals surface area (Å²) in [5.74, 6) is 0. The maximum atomic E-state index is 10.6. The first kappa shape index (κ1) is 12.7. The van der Waals surface area contributed by atoms with Crippen LogP contribution >= 0.6 is 15.9 Å². The van der Waals surface area contributed by atoms with Gasteiger partial charge in [-0.1, -0.05) is 21.1 Å². The predicted octanol–water partition coefficient (Wildman–Crippen LogP) is 1.46. The fourth-order valence-corrected chi connectivity index (χ4v) is 1.95. The summed E-state index contributed by atoms with van der Waals surface area (Å²) in [6.45, 7) is 0.813. The number of rotatable bonds is 4. The minimum absolute atomic E-state index is 0.0480. The fraction of sp³-hybridized carbons (Fsp3) is 0.200. The quantitative estimate of drug-likeness (QED) is 0.680. The maximum absolute atomic E-state index is 10.6. The summed E-state index contributed by atoms with van der Waals surface area (Å²) >= 11 is 3.31. The van der Waals surface area contributed by atoms with E-state index in [0.717, 1.165) is 5.56 Å². The molecule has 18 heavy (non-hydrogen) atoms. The van der Waals surface area contributed by atoms with Crippen LogP contribution < -0.4 is 5.73 Å². The van der Waals surface area contributed by atoms with Gasteiger partial charge in [0, 0.05) is 23.2 Å². The molecule has 0 atom stereocenters. The Bertz CT molecular complexity index is 583. The second kappa shape index (κ2) is 5.23. The van der Waals surface area contributed by atoms with Gasteiger partial charge in [0.2, 0.25) is 0 Å². The number of non-ortho nitro benzene ring substituents is 1. The molecule has 0 amide bonds. The molecule has 0 aliphatic carbocycles. The van der Waals surface area contributed by atoms with Gasteiger partial charge in [0.05, 0.1) is 23.4 Å². The minimum atomic E-state index is -0.434. The van der Waals surface area contributed by atoms with Crippen molar-refractivity contribution in [3.05, 3.63) is 50.2 Å². The van der Waals surface area contributed by atoms with E-state index in [0.29, 0.717) is 23.3 Å². The van der Waals surface area contributed by atoms with Crippen LogP contribution in [-0.4, -0.2) is 19.9 Å². The molecule has 1 aromatic carbocycles. The van der Waals surface area contributed by atoms with Gasteiger partial charge in [-0.2, -0.15) is 0 Å². The molecular formula is C10H10BrN5O2. The molecule has 0 aliphatic rings. The Morgan fingerprint density at radius 3 is 2.83 bits per heavy atom. The van der Waals surface area contributed by atoms with E-state index in [1.165, 1.54) is 12.1 Å². The fourth-order valence-electron chi connectivity index (χ4n) is 1.46. The van der Waals surface area contributed by atoms with Gasteiger partial charge in [-0.05, 0) is 11.6 Å². The van der Waals surface area contributed by atoms with E-state index in [-0.39, 0.29) is 5.69 Å². The minimum Gasteiger partial charge on any atom is -0.325 e. The van der Waals surface area contributed by atoms with Crippen LogP contribution in [0.25, 0.3) is 0 Å². The van der Waals surface area contributed by atoms with Crippen LogP contribution in [0.2, 0.25) is 0 Å². The number of aromatic nitrogens is 3. The number of hydrogen-bond donors (Lipinski definition) is 1. The van der Waals surface area contributed by atoms with Crippen molar-refractivity contribution in [2.45, 2.75) is 13.1 Å². The average Bonchev–Trinajstić information content (AvgIpc) is 2.79. The molecule has 8 heteroatoms. The molecule has 0 saturated heterocycles. The standard InChI is InChI=1S/C10H10BrN5O2/c11-10-3-9(16(17)18)2-1-7(10)5-15-6-8(4-12)13-14-15/h1-3,6H,4-5,12H2. The third-order valence-corrected chi connectivity index (χ3v) is 3.11. The van der Waals surface area contributed by atoms with Crippen LogP contribution in [0.4, 0.5) is 5.69 Å². The Morgan fingerprint density at radius 2 is 2.28 bits per heavy atom. The molecule has 0 saturated carbocycles. The highest BCUT2D eigenvalue weighted by atomic mass is 79.9. The zero-order valence-corrected chi connectivity index (χ0v) is 10.9. The topological polar surface area (TPSA) is 99.9 Å². The van der Waals surface area contributed by atoms with Gasteiger partial charge in [0.25, 0.3) is 5.69 Å². The summed E-state index contributed by atoms with van der Waals surface area (Å²) in [6, 6.07) is 4.61. The first-order valence-corrected chi connectivity index (χ1v) is 5.91. The summed E-state index contributed by atoms with van der Waals surface area (Å²) in [4.78, 5) is 10.2. The molecule has 2 N–H and O–H groups in total. The van der Waals surface area contributed by atoms with Crippen molar-refractivity contribution in [3.63, 3.8) is 0 Å². The summed E-state index contributed by atoms with van der Waals surface area (Å²) in [7, 11) is 0. The number of halogens is 1. The van der Waals surface area contributed by atoms with Crippen LogP contribution in [0.15, 0.2) is 28.9 Å². The number of nitro groups is 1. The Labute approximate surface area is 111 Å². The van der Waals surface area contributed by atoms with Crippen LogP contribution in [-0.2, 0) is 13.1 Å². The van der Waals surface area contributed by atoms with Crippen molar-refractivity contribution in [1.29, 1.82) is 0 Å². The van der Waals surface area contributed by atoms with E-state index in [2.05, 4.69) is 26.2 Å². The van der Waals surface area contributed by atoms with Gasteiger partial charge >= 0.3 is 0 Å². The van der Waals surface area contributed by atoms with E-state index in [4.69, 9.17) is 5.73 Å². The lowest BCUT2D eigenvalue weighted by Crippen LogP contribution is -2.02. The maximum Gasteiger partial charge on any atom is 0.270 e. The van der Waals surface area contributed by atoms with E-state index >= 15 is 0 Å². The first-order chi connectivity index (χ1) is 8.60. The largest absolute Gasteiger partial charge is 0.325 e. The summed E-state index contributed by atoms with van der Waals surface area (Å²) in [5, 5.41) is 18.4. The molecule has 0 fully saturated rings.